The molecule has 1 amide bonds. The van der Waals surface area contributed by atoms with Gasteiger partial charge < -0.3 is 14.7 Å². The Hall–Kier alpha value is -1.95. The molecular formula is C17H22FNO4. The van der Waals surface area contributed by atoms with Crippen molar-refractivity contribution in [2.24, 2.45) is 5.92 Å². The van der Waals surface area contributed by atoms with E-state index in [-0.39, 0.29) is 30.3 Å². The maximum Gasteiger partial charge on any atom is 0.334 e. The third kappa shape index (κ3) is 4.51. The monoisotopic (exact) mass is 323 g/mol. The van der Waals surface area contributed by atoms with Crippen LogP contribution in [0.25, 0.3) is 0 Å². The first-order chi connectivity index (χ1) is 10.9. The van der Waals surface area contributed by atoms with E-state index >= 15 is 0 Å². The fraction of sp³-hybridized carbons (Fsp3) is 0.529. The van der Waals surface area contributed by atoms with Gasteiger partial charge in [-0.2, -0.15) is 0 Å². The van der Waals surface area contributed by atoms with Crippen molar-refractivity contribution >= 4 is 11.9 Å². The number of hydrogen-bond donors (Lipinski definition) is 1. The van der Waals surface area contributed by atoms with Crippen molar-refractivity contribution in [2.75, 3.05) is 13.1 Å². The van der Waals surface area contributed by atoms with Crippen molar-refractivity contribution in [3.05, 3.63) is 35.6 Å². The van der Waals surface area contributed by atoms with E-state index in [2.05, 4.69) is 0 Å². The van der Waals surface area contributed by atoms with Gasteiger partial charge in [0.25, 0.3) is 0 Å². The highest BCUT2D eigenvalue weighted by Gasteiger charge is 2.34. The van der Waals surface area contributed by atoms with Gasteiger partial charge in [-0.3, -0.25) is 4.79 Å². The van der Waals surface area contributed by atoms with Crippen LogP contribution in [0.4, 0.5) is 4.39 Å². The zero-order valence-electron chi connectivity index (χ0n) is 13.4. The molecule has 0 radical (unpaired) electrons. The molecule has 1 heterocycles. The number of morpholine rings is 1. The van der Waals surface area contributed by atoms with Gasteiger partial charge in [-0.15, -0.1) is 0 Å². The van der Waals surface area contributed by atoms with Gasteiger partial charge in [0.2, 0.25) is 5.91 Å². The summed E-state index contributed by atoms with van der Waals surface area (Å²) in [4.78, 5) is 25.1. The molecule has 0 aliphatic carbocycles. The summed E-state index contributed by atoms with van der Waals surface area (Å²) in [6, 6.07) is 6.52. The largest absolute Gasteiger partial charge is 0.479 e. The Kier molecular flexibility index (Phi) is 5.71. The van der Waals surface area contributed by atoms with Crippen LogP contribution in [0.5, 0.6) is 0 Å². The van der Waals surface area contributed by atoms with E-state index in [4.69, 9.17) is 9.84 Å². The summed E-state index contributed by atoms with van der Waals surface area (Å²) in [5, 5.41) is 9.07. The summed E-state index contributed by atoms with van der Waals surface area (Å²) < 4.78 is 18.9. The molecule has 1 aromatic carbocycles. The molecule has 1 N–H and O–H groups in total. The summed E-state index contributed by atoms with van der Waals surface area (Å²) in [6.45, 7) is 3.98. The number of amides is 1. The molecule has 6 heteroatoms. The quantitative estimate of drug-likeness (QED) is 0.901. The fourth-order valence-corrected chi connectivity index (χ4v) is 2.78. The minimum absolute atomic E-state index is 0.0581. The number of halogens is 1. The van der Waals surface area contributed by atoms with Gasteiger partial charge in [-0.25, -0.2) is 9.18 Å². The van der Waals surface area contributed by atoms with Crippen LogP contribution < -0.4 is 0 Å². The van der Waals surface area contributed by atoms with Crippen molar-refractivity contribution in [3.8, 4) is 0 Å². The first-order valence-electron chi connectivity index (χ1n) is 7.79. The fourth-order valence-electron chi connectivity index (χ4n) is 2.78. The molecule has 1 aliphatic rings. The number of benzene rings is 1. The average Bonchev–Trinajstić information content (AvgIpc) is 2.52. The molecule has 0 spiro atoms. The predicted molar refractivity (Wildman–Crippen MR) is 82.4 cm³/mol. The molecule has 0 bridgehead atoms. The topological polar surface area (TPSA) is 66.8 Å². The lowest BCUT2D eigenvalue weighted by Crippen LogP contribution is -2.53. The standard InChI is InChI=1S/C17H22FNO4/c1-11(7-8-13-5-3-4-6-14(13)18)16(20)19-9-12(2)23-15(10-19)17(21)22/h3-6,11-12,15H,7-10H2,1-2H3,(H,21,22)/t11?,12-,15?/m1/s1. The van der Waals surface area contributed by atoms with E-state index in [1.165, 1.54) is 6.07 Å². The third-order valence-corrected chi connectivity index (χ3v) is 4.07. The van der Waals surface area contributed by atoms with Crippen LogP contribution >= 0.6 is 0 Å². The van der Waals surface area contributed by atoms with E-state index in [1.807, 2.05) is 0 Å². The van der Waals surface area contributed by atoms with Crippen LogP contribution in [0.2, 0.25) is 0 Å². The number of carboxylic acids is 1. The second-order valence-corrected chi connectivity index (χ2v) is 6.05. The number of nitrogens with zero attached hydrogens (tertiary/aromatic N) is 1. The number of carbonyl (C=O) groups excluding carboxylic acids is 1. The smallest absolute Gasteiger partial charge is 0.334 e. The Labute approximate surface area is 135 Å². The molecule has 126 valence electrons. The molecule has 1 aliphatic heterocycles. The zero-order valence-corrected chi connectivity index (χ0v) is 13.4. The first kappa shape index (κ1) is 17.4. The van der Waals surface area contributed by atoms with Gasteiger partial charge in [0, 0.05) is 12.5 Å². The maximum atomic E-state index is 13.6. The molecule has 3 atom stereocenters. The van der Waals surface area contributed by atoms with E-state index in [1.54, 1.807) is 36.9 Å². The second kappa shape index (κ2) is 7.55. The van der Waals surface area contributed by atoms with Crippen LogP contribution in [-0.2, 0) is 20.7 Å². The molecule has 23 heavy (non-hydrogen) atoms. The van der Waals surface area contributed by atoms with Crippen molar-refractivity contribution in [1.82, 2.24) is 4.90 Å². The maximum absolute atomic E-state index is 13.6. The Morgan fingerprint density at radius 1 is 1.39 bits per heavy atom. The molecule has 0 aromatic heterocycles. The zero-order chi connectivity index (χ0) is 17.0. The van der Waals surface area contributed by atoms with E-state index in [0.717, 1.165) is 0 Å². The second-order valence-electron chi connectivity index (χ2n) is 6.05. The molecular weight excluding hydrogens is 301 g/mol. The van der Waals surface area contributed by atoms with Crippen LogP contribution in [-0.4, -0.2) is 47.2 Å². The first-order valence-corrected chi connectivity index (χ1v) is 7.79. The lowest BCUT2D eigenvalue weighted by atomic mass is 9.99. The number of carbonyl (C=O) groups is 2. The molecule has 1 saturated heterocycles. The summed E-state index contributed by atoms with van der Waals surface area (Å²) in [5.41, 5.74) is 0.589. The molecule has 1 aromatic rings. The molecule has 1 fully saturated rings. The predicted octanol–water partition coefficient (Wildman–Crippen LogP) is 2.09. The van der Waals surface area contributed by atoms with Crippen LogP contribution in [0.15, 0.2) is 24.3 Å². The van der Waals surface area contributed by atoms with Gasteiger partial charge in [0.1, 0.15) is 5.82 Å². The SMILES string of the molecule is CC(CCc1ccccc1F)C(=O)N1CC(C(=O)O)O[C@H](C)C1. The Bertz CT molecular complexity index is 577. The van der Waals surface area contributed by atoms with Crippen LogP contribution in [0.3, 0.4) is 0 Å². The third-order valence-electron chi connectivity index (χ3n) is 4.07. The minimum atomic E-state index is -1.06. The molecule has 2 rings (SSSR count). The highest BCUT2D eigenvalue weighted by Crippen LogP contribution is 2.18. The minimum Gasteiger partial charge on any atom is -0.479 e. The van der Waals surface area contributed by atoms with Gasteiger partial charge in [-0.1, -0.05) is 25.1 Å². The van der Waals surface area contributed by atoms with Crippen molar-refractivity contribution < 1.29 is 23.8 Å². The number of ether oxygens (including phenoxy) is 1. The normalized spacial score (nSPS) is 22.7. The van der Waals surface area contributed by atoms with Crippen molar-refractivity contribution in [3.63, 3.8) is 0 Å². The molecule has 0 saturated carbocycles. The number of rotatable bonds is 5. The summed E-state index contributed by atoms with van der Waals surface area (Å²) in [6.07, 6.45) is -0.306. The highest BCUT2D eigenvalue weighted by atomic mass is 19.1. The van der Waals surface area contributed by atoms with E-state index in [0.29, 0.717) is 24.9 Å². The van der Waals surface area contributed by atoms with Gasteiger partial charge in [0.05, 0.1) is 12.6 Å². The van der Waals surface area contributed by atoms with E-state index in [9.17, 15) is 14.0 Å². The number of aliphatic carboxylic acids is 1. The Morgan fingerprint density at radius 3 is 2.74 bits per heavy atom. The Balaban J connectivity index is 1.93. The van der Waals surface area contributed by atoms with Crippen molar-refractivity contribution in [2.45, 2.75) is 38.9 Å². The van der Waals surface area contributed by atoms with Crippen LogP contribution in [0, 0.1) is 11.7 Å². The lowest BCUT2D eigenvalue weighted by Gasteiger charge is -2.36. The van der Waals surface area contributed by atoms with Gasteiger partial charge in [-0.05, 0) is 31.4 Å². The van der Waals surface area contributed by atoms with Gasteiger partial charge >= 0.3 is 5.97 Å². The number of hydrogen-bond acceptors (Lipinski definition) is 3. The Morgan fingerprint density at radius 2 is 2.09 bits per heavy atom. The number of aryl methyl sites for hydroxylation is 1. The molecule has 2 unspecified atom stereocenters. The summed E-state index contributed by atoms with van der Waals surface area (Å²) in [5.74, 6) is -1.73. The van der Waals surface area contributed by atoms with Crippen molar-refractivity contribution in [1.29, 1.82) is 0 Å². The lowest BCUT2D eigenvalue weighted by molar-refractivity contribution is -0.167. The highest BCUT2D eigenvalue weighted by molar-refractivity contribution is 5.80. The molecule has 5 nitrogen and oxygen atoms in total. The van der Waals surface area contributed by atoms with Crippen LogP contribution in [0.1, 0.15) is 25.8 Å². The summed E-state index contributed by atoms with van der Waals surface area (Å²) in [7, 11) is 0. The summed E-state index contributed by atoms with van der Waals surface area (Å²) >= 11 is 0. The average molecular weight is 323 g/mol. The van der Waals surface area contributed by atoms with E-state index < -0.39 is 12.1 Å². The van der Waals surface area contributed by atoms with Gasteiger partial charge in [0.15, 0.2) is 6.10 Å². The number of carboxylic acid groups (broad SMARTS) is 1.